The molecule has 0 bridgehead atoms. The Morgan fingerprint density at radius 1 is 1.35 bits per heavy atom. The number of carbonyl (C=O) groups is 1. The number of hydrogen-bond donors (Lipinski definition) is 0. The molecule has 2 aromatic rings. The minimum atomic E-state index is -0.320. The van der Waals surface area contributed by atoms with E-state index in [-0.39, 0.29) is 11.6 Å². The van der Waals surface area contributed by atoms with Crippen molar-refractivity contribution in [2.75, 3.05) is 5.75 Å². The van der Waals surface area contributed by atoms with Crippen LogP contribution in [0.15, 0.2) is 33.9 Å². The van der Waals surface area contributed by atoms with E-state index < -0.39 is 0 Å². The summed E-state index contributed by atoms with van der Waals surface area (Å²) in [5, 5.41) is 7.94. The lowest BCUT2D eigenvalue weighted by Gasteiger charge is -1.93. The molecule has 0 spiro atoms. The molecule has 88 valence electrons. The molecule has 0 aliphatic heterocycles. The zero-order chi connectivity index (χ0) is 12.3. The third kappa shape index (κ3) is 3.13. The Morgan fingerprint density at radius 3 is 2.71 bits per heavy atom. The highest BCUT2D eigenvalue weighted by atomic mass is 32.2. The minimum Gasteiger partial charge on any atom is -0.411 e. The van der Waals surface area contributed by atoms with Crippen molar-refractivity contribution in [1.29, 1.82) is 0 Å². The van der Waals surface area contributed by atoms with E-state index in [1.54, 1.807) is 12.1 Å². The Bertz CT molecular complexity index is 525. The van der Waals surface area contributed by atoms with E-state index in [9.17, 15) is 9.18 Å². The highest BCUT2D eigenvalue weighted by Gasteiger charge is 2.09. The van der Waals surface area contributed by atoms with Gasteiger partial charge in [0, 0.05) is 5.56 Å². The second-order valence-corrected chi connectivity index (χ2v) is 4.30. The fourth-order valence-electron chi connectivity index (χ4n) is 1.14. The van der Waals surface area contributed by atoms with E-state index in [1.807, 2.05) is 0 Å². The van der Waals surface area contributed by atoms with Gasteiger partial charge in [0.1, 0.15) is 11.6 Å². The summed E-state index contributed by atoms with van der Waals surface area (Å²) in [5.74, 6) is 0.331. The van der Waals surface area contributed by atoms with Crippen LogP contribution in [0.1, 0.15) is 6.92 Å². The third-order valence-corrected chi connectivity index (χ3v) is 2.86. The summed E-state index contributed by atoms with van der Waals surface area (Å²) >= 11 is 1.18. The van der Waals surface area contributed by atoms with Crippen molar-refractivity contribution >= 4 is 17.5 Å². The number of thioether (sulfide) groups is 1. The average molecular weight is 252 g/mol. The van der Waals surface area contributed by atoms with Crippen molar-refractivity contribution in [1.82, 2.24) is 10.2 Å². The van der Waals surface area contributed by atoms with Crippen molar-refractivity contribution in [3.63, 3.8) is 0 Å². The van der Waals surface area contributed by atoms with Gasteiger partial charge in [-0.25, -0.2) is 4.39 Å². The van der Waals surface area contributed by atoms with Crippen LogP contribution in [0.4, 0.5) is 4.39 Å². The normalized spacial score (nSPS) is 10.5. The predicted octanol–water partition coefficient (Wildman–Crippen LogP) is 2.56. The molecule has 1 aromatic heterocycles. The Balaban J connectivity index is 2.12. The Morgan fingerprint density at radius 2 is 2.06 bits per heavy atom. The molecule has 4 nitrogen and oxygen atoms in total. The molecule has 1 aromatic carbocycles. The summed E-state index contributed by atoms with van der Waals surface area (Å²) in [7, 11) is 0. The van der Waals surface area contributed by atoms with Crippen molar-refractivity contribution in [3.05, 3.63) is 30.1 Å². The quantitative estimate of drug-likeness (QED) is 0.783. The Kier molecular flexibility index (Phi) is 3.53. The maximum atomic E-state index is 12.7. The van der Waals surface area contributed by atoms with E-state index in [0.717, 1.165) is 0 Å². The van der Waals surface area contributed by atoms with Gasteiger partial charge in [-0.1, -0.05) is 11.8 Å². The molecule has 2 rings (SSSR count). The molecule has 0 fully saturated rings. The lowest BCUT2D eigenvalue weighted by molar-refractivity contribution is -0.114. The first kappa shape index (κ1) is 11.8. The average Bonchev–Trinajstić information content (AvgIpc) is 2.76. The van der Waals surface area contributed by atoms with Gasteiger partial charge in [0.2, 0.25) is 5.89 Å². The number of benzene rings is 1. The molecule has 0 N–H and O–H groups in total. The molecule has 0 saturated carbocycles. The summed E-state index contributed by atoms with van der Waals surface area (Å²) in [6.07, 6.45) is 0. The number of hydrogen-bond acceptors (Lipinski definition) is 5. The molecular weight excluding hydrogens is 243 g/mol. The number of rotatable bonds is 4. The SMILES string of the molecule is CC(=O)CSc1nnc(-c2ccc(F)cc2)o1. The number of aromatic nitrogens is 2. The van der Waals surface area contributed by atoms with E-state index >= 15 is 0 Å². The zero-order valence-electron chi connectivity index (χ0n) is 9.01. The van der Waals surface area contributed by atoms with Gasteiger partial charge in [-0.15, -0.1) is 10.2 Å². The molecule has 1 heterocycles. The summed E-state index contributed by atoms with van der Waals surface area (Å²) in [5.41, 5.74) is 0.647. The maximum Gasteiger partial charge on any atom is 0.277 e. The summed E-state index contributed by atoms with van der Waals surface area (Å²) in [6, 6.07) is 5.76. The number of ketones is 1. The van der Waals surface area contributed by atoms with Gasteiger partial charge in [-0.05, 0) is 31.2 Å². The molecule has 0 radical (unpaired) electrons. The summed E-state index contributed by atoms with van der Waals surface area (Å²) in [6.45, 7) is 1.49. The number of Topliss-reactive ketones (excluding diaryl/α,β-unsaturated/α-hetero) is 1. The van der Waals surface area contributed by atoms with Crippen LogP contribution in [-0.4, -0.2) is 21.7 Å². The van der Waals surface area contributed by atoms with Crippen LogP contribution in [0, 0.1) is 5.82 Å². The fourth-order valence-corrected chi connectivity index (χ4v) is 1.70. The Hall–Kier alpha value is -1.69. The topological polar surface area (TPSA) is 56.0 Å². The second-order valence-electron chi connectivity index (χ2n) is 3.37. The molecule has 6 heteroatoms. The van der Waals surface area contributed by atoms with E-state index in [1.165, 1.54) is 30.8 Å². The van der Waals surface area contributed by atoms with Gasteiger partial charge in [0.25, 0.3) is 5.22 Å². The summed E-state index contributed by atoms with van der Waals surface area (Å²) in [4.78, 5) is 10.8. The van der Waals surface area contributed by atoms with Crippen molar-refractivity contribution in [3.8, 4) is 11.5 Å². The van der Waals surface area contributed by atoms with E-state index in [4.69, 9.17) is 4.42 Å². The first-order chi connectivity index (χ1) is 8.15. The van der Waals surface area contributed by atoms with Crippen LogP contribution in [0.2, 0.25) is 0 Å². The van der Waals surface area contributed by atoms with E-state index in [2.05, 4.69) is 10.2 Å². The van der Waals surface area contributed by atoms with E-state index in [0.29, 0.717) is 22.4 Å². The van der Waals surface area contributed by atoms with Gasteiger partial charge in [-0.3, -0.25) is 4.79 Å². The second kappa shape index (κ2) is 5.09. The maximum absolute atomic E-state index is 12.7. The van der Waals surface area contributed by atoms with Gasteiger partial charge in [0.05, 0.1) is 5.75 Å². The smallest absolute Gasteiger partial charge is 0.277 e. The van der Waals surface area contributed by atoms with Crippen LogP contribution in [0.5, 0.6) is 0 Å². The molecule has 0 unspecified atom stereocenters. The highest BCUT2D eigenvalue weighted by molar-refractivity contribution is 7.99. The Labute approximate surface area is 101 Å². The van der Waals surface area contributed by atoms with Gasteiger partial charge < -0.3 is 4.42 Å². The van der Waals surface area contributed by atoms with Crippen LogP contribution in [0.3, 0.4) is 0 Å². The number of carbonyl (C=O) groups excluding carboxylic acids is 1. The molecule has 0 aliphatic carbocycles. The molecular formula is C11H9FN2O2S. The number of nitrogens with zero attached hydrogens (tertiary/aromatic N) is 2. The first-order valence-corrected chi connectivity index (χ1v) is 5.85. The number of halogens is 1. The van der Waals surface area contributed by atoms with Crippen molar-refractivity contribution in [2.24, 2.45) is 0 Å². The minimum absolute atomic E-state index is 0.0385. The third-order valence-electron chi connectivity index (χ3n) is 1.90. The largest absolute Gasteiger partial charge is 0.411 e. The summed E-state index contributed by atoms with van der Waals surface area (Å²) < 4.78 is 18.0. The lowest BCUT2D eigenvalue weighted by Crippen LogP contribution is -1.92. The predicted molar refractivity (Wildman–Crippen MR) is 61.1 cm³/mol. The fraction of sp³-hybridized carbons (Fsp3) is 0.182. The standard InChI is InChI=1S/C11H9FN2O2S/c1-7(15)6-17-11-14-13-10(16-11)8-2-4-9(12)5-3-8/h2-5H,6H2,1H3. The van der Waals surface area contributed by atoms with Crippen molar-refractivity contribution < 1.29 is 13.6 Å². The molecule has 0 amide bonds. The zero-order valence-corrected chi connectivity index (χ0v) is 9.83. The lowest BCUT2D eigenvalue weighted by atomic mass is 10.2. The molecule has 17 heavy (non-hydrogen) atoms. The highest BCUT2D eigenvalue weighted by Crippen LogP contribution is 2.23. The molecule has 0 saturated heterocycles. The molecule has 0 atom stereocenters. The van der Waals surface area contributed by atoms with Crippen LogP contribution in [0.25, 0.3) is 11.5 Å². The molecule has 0 aliphatic rings. The van der Waals surface area contributed by atoms with Gasteiger partial charge in [-0.2, -0.15) is 0 Å². The first-order valence-electron chi connectivity index (χ1n) is 4.87. The van der Waals surface area contributed by atoms with Gasteiger partial charge in [0.15, 0.2) is 0 Å². The van der Waals surface area contributed by atoms with Gasteiger partial charge >= 0.3 is 0 Å². The van der Waals surface area contributed by atoms with Crippen molar-refractivity contribution in [2.45, 2.75) is 12.1 Å². The monoisotopic (exact) mass is 252 g/mol. The van der Waals surface area contributed by atoms with Crippen LogP contribution < -0.4 is 0 Å². The van der Waals surface area contributed by atoms with Crippen LogP contribution >= 0.6 is 11.8 Å². The van der Waals surface area contributed by atoms with Crippen LogP contribution in [-0.2, 0) is 4.79 Å².